The Kier molecular flexibility index (Phi) is 4.46. The number of carbonyl (C=O) groups is 1. The van der Waals surface area contributed by atoms with Crippen LogP contribution in [0.1, 0.15) is 15.9 Å². The lowest BCUT2D eigenvalue weighted by Crippen LogP contribution is -2.18. The molecule has 0 aromatic heterocycles. The normalized spacial score (nSPS) is 10.1. The molecule has 0 radical (unpaired) electrons. The van der Waals surface area contributed by atoms with E-state index in [4.69, 9.17) is 18.0 Å². The minimum atomic E-state index is -0.607. The molecule has 0 aliphatic carbocycles. The van der Waals surface area contributed by atoms with E-state index >= 15 is 0 Å². The summed E-state index contributed by atoms with van der Waals surface area (Å²) in [7, 11) is 0. The van der Waals surface area contributed by atoms with Crippen LogP contribution in [0, 0.1) is 5.82 Å². The van der Waals surface area contributed by atoms with Crippen LogP contribution < -0.4 is 11.1 Å². The smallest absolute Gasteiger partial charge is 0.259 e. The van der Waals surface area contributed by atoms with Gasteiger partial charge < -0.3 is 11.1 Å². The van der Waals surface area contributed by atoms with Crippen molar-refractivity contribution in [2.75, 3.05) is 5.32 Å². The number of nitrogens with one attached hydrogen (secondary N) is 1. The summed E-state index contributed by atoms with van der Waals surface area (Å²) in [5.41, 5.74) is 6.50. The average Bonchev–Trinajstić information content (AvgIpc) is 2.38. The number of thiocarbonyl (C=S) groups is 1. The Morgan fingerprint density at radius 1 is 1.20 bits per heavy atom. The number of hydrogen-bond acceptors (Lipinski definition) is 2. The summed E-state index contributed by atoms with van der Waals surface area (Å²) < 4.78 is 14.1. The van der Waals surface area contributed by atoms with E-state index in [0.29, 0.717) is 15.7 Å². The molecule has 0 fully saturated rings. The molecule has 0 aliphatic rings. The highest BCUT2D eigenvalue weighted by molar-refractivity contribution is 9.10. The van der Waals surface area contributed by atoms with Crippen molar-refractivity contribution in [3.63, 3.8) is 0 Å². The maximum Gasteiger partial charge on any atom is 0.259 e. The van der Waals surface area contributed by atoms with Crippen LogP contribution in [0.4, 0.5) is 10.1 Å². The lowest BCUT2D eigenvalue weighted by atomic mass is 10.1. The fourth-order valence-corrected chi connectivity index (χ4v) is 2.41. The second-order valence-corrected chi connectivity index (χ2v) is 5.25. The van der Waals surface area contributed by atoms with E-state index in [2.05, 4.69) is 21.2 Å². The van der Waals surface area contributed by atoms with Crippen molar-refractivity contribution in [3.8, 4) is 0 Å². The molecular formula is C14H10BrFN2OS. The number of nitrogens with two attached hydrogens (primary N) is 1. The van der Waals surface area contributed by atoms with Crippen molar-refractivity contribution in [1.82, 2.24) is 0 Å². The van der Waals surface area contributed by atoms with E-state index in [1.165, 1.54) is 12.1 Å². The Morgan fingerprint density at radius 3 is 2.55 bits per heavy atom. The van der Waals surface area contributed by atoms with E-state index in [-0.39, 0.29) is 10.6 Å². The summed E-state index contributed by atoms with van der Waals surface area (Å²) in [5, 5.41) is 2.61. The lowest BCUT2D eigenvalue weighted by molar-refractivity contribution is 0.102. The monoisotopic (exact) mass is 352 g/mol. The highest BCUT2D eigenvalue weighted by atomic mass is 79.9. The molecule has 2 aromatic carbocycles. The van der Waals surface area contributed by atoms with Gasteiger partial charge in [0.1, 0.15) is 10.8 Å². The Hall–Kier alpha value is -1.79. The molecule has 0 spiro atoms. The lowest BCUT2D eigenvalue weighted by Gasteiger charge is -2.11. The molecule has 0 saturated heterocycles. The van der Waals surface area contributed by atoms with Gasteiger partial charge in [0.25, 0.3) is 5.91 Å². The third-order valence-electron chi connectivity index (χ3n) is 2.63. The van der Waals surface area contributed by atoms with Crippen molar-refractivity contribution in [2.45, 2.75) is 0 Å². The van der Waals surface area contributed by atoms with Crippen molar-refractivity contribution in [1.29, 1.82) is 0 Å². The number of hydrogen-bond donors (Lipinski definition) is 2. The van der Waals surface area contributed by atoms with Crippen molar-refractivity contribution < 1.29 is 9.18 Å². The van der Waals surface area contributed by atoms with E-state index in [0.717, 1.165) is 0 Å². The minimum absolute atomic E-state index is 0.0646. The summed E-state index contributed by atoms with van der Waals surface area (Å²) in [4.78, 5) is 12.3. The van der Waals surface area contributed by atoms with Crippen LogP contribution in [0.15, 0.2) is 46.9 Å². The van der Waals surface area contributed by atoms with E-state index < -0.39 is 11.7 Å². The number of halogens is 2. The number of benzene rings is 2. The summed E-state index contributed by atoms with van der Waals surface area (Å²) in [6, 6.07) is 11.2. The zero-order valence-corrected chi connectivity index (χ0v) is 12.6. The van der Waals surface area contributed by atoms with Crippen LogP contribution in [0.2, 0.25) is 0 Å². The van der Waals surface area contributed by atoms with Crippen LogP contribution in [0.3, 0.4) is 0 Å². The molecule has 2 rings (SSSR count). The van der Waals surface area contributed by atoms with E-state index in [1.807, 2.05) is 0 Å². The Balaban J connectivity index is 2.36. The SMILES string of the molecule is NC(=S)c1ccccc1NC(=O)c1c(F)cccc1Br. The highest BCUT2D eigenvalue weighted by Gasteiger charge is 2.17. The maximum atomic E-state index is 13.7. The first-order valence-electron chi connectivity index (χ1n) is 5.65. The third kappa shape index (κ3) is 3.02. The van der Waals surface area contributed by atoms with Crippen LogP contribution in [0.5, 0.6) is 0 Å². The molecule has 1 amide bonds. The fourth-order valence-electron chi connectivity index (χ4n) is 1.71. The van der Waals surface area contributed by atoms with Gasteiger partial charge >= 0.3 is 0 Å². The number of carbonyl (C=O) groups excluding carboxylic acids is 1. The molecular weight excluding hydrogens is 343 g/mol. The van der Waals surface area contributed by atoms with Gasteiger partial charge in [-0.15, -0.1) is 0 Å². The van der Waals surface area contributed by atoms with Gasteiger partial charge in [-0.3, -0.25) is 4.79 Å². The first kappa shape index (κ1) is 14.6. The van der Waals surface area contributed by atoms with E-state index in [9.17, 15) is 9.18 Å². The van der Waals surface area contributed by atoms with Gasteiger partial charge in [0.2, 0.25) is 0 Å². The highest BCUT2D eigenvalue weighted by Crippen LogP contribution is 2.22. The molecule has 2 aromatic rings. The molecule has 0 aliphatic heterocycles. The second kappa shape index (κ2) is 6.11. The Labute approximate surface area is 129 Å². The van der Waals surface area contributed by atoms with Gasteiger partial charge in [-0.25, -0.2) is 4.39 Å². The maximum absolute atomic E-state index is 13.7. The summed E-state index contributed by atoms with van der Waals surface area (Å²) in [5.74, 6) is -1.18. The molecule has 3 N–H and O–H groups in total. The Bertz CT molecular complexity index is 670. The Morgan fingerprint density at radius 2 is 1.90 bits per heavy atom. The van der Waals surface area contributed by atoms with Crippen LogP contribution >= 0.6 is 28.1 Å². The fraction of sp³-hybridized carbons (Fsp3) is 0. The number of rotatable bonds is 3. The quantitative estimate of drug-likeness (QED) is 0.831. The molecule has 0 heterocycles. The predicted octanol–water partition coefficient (Wildman–Crippen LogP) is 3.47. The molecule has 0 saturated carbocycles. The molecule has 0 bridgehead atoms. The van der Waals surface area contributed by atoms with Gasteiger partial charge in [0.15, 0.2) is 0 Å². The zero-order chi connectivity index (χ0) is 14.7. The van der Waals surface area contributed by atoms with Gasteiger partial charge in [0, 0.05) is 10.0 Å². The number of anilines is 1. The predicted molar refractivity (Wildman–Crippen MR) is 84.4 cm³/mol. The largest absolute Gasteiger partial charge is 0.389 e. The van der Waals surface area contributed by atoms with Crippen molar-refractivity contribution >= 4 is 44.7 Å². The zero-order valence-electron chi connectivity index (χ0n) is 10.2. The topological polar surface area (TPSA) is 55.1 Å². The number of para-hydroxylation sites is 1. The van der Waals surface area contributed by atoms with E-state index in [1.54, 1.807) is 30.3 Å². The molecule has 20 heavy (non-hydrogen) atoms. The van der Waals surface area contributed by atoms with Crippen molar-refractivity contribution in [2.24, 2.45) is 5.73 Å². The van der Waals surface area contributed by atoms with Gasteiger partial charge in [-0.1, -0.05) is 30.4 Å². The van der Waals surface area contributed by atoms with Gasteiger partial charge in [0.05, 0.1) is 11.3 Å². The number of amides is 1. The summed E-state index contributed by atoms with van der Waals surface area (Å²) in [6.07, 6.45) is 0. The first-order valence-corrected chi connectivity index (χ1v) is 6.85. The van der Waals surface area contributed by atoms with Gasteiger partial charge in [-0.05, 0) is 40.2 Å². The second-order valence-electron chi connectivity index (χ2n) is 3.96. The van der Waals surface area contributed by atoms with Crippen molar-refractivity contribution in [3.05, 3.63) is 63.9 Å². The standard InChI is InChI=1S/C14H10BrFN2OS/c15-9-5-3-6-10(16)12(9)14(19)18-11-7-2-1-4-8(11)13(17)20/h1-7H,(H2,17,20)(H,18,19). The van der Waals surface area contributed by atoms with Gasteiger partial charge in [-0.2, -0.15) is 0 Å². The average molecular weight is 353 g/mol. The molecule has 0 unspecified atom stereocenters. The molecule has 0 atom stereocenters. The van der Waals surface area contributed by atoms with Crippen LogP contribution in [-0.2, 0) is 0 Å². The van der Waals surface area contributed by atoms with Crippen LogP contribution in [-0.4, -0.2) is 10.9 Å². The molecule has 3 nitrogen and oxygen atoms in total. The molecule has 6 heteroatoms. The summed E-state index contributed by atoms with van der Waals surface area (Å²) >= 11 is 8.07. The minimum Gasteiger partial charge on any atom is -0.389 e. The summed E-state index contributed by atoms with van der Waals surface area (Å²) in [6.45, 7) is 0. The van der Waals surface area contributed by atoms with Crippen LogP contribution in [0.25, 0.3) is 0 Å². The third-order valence-corrected chi connectivity index (χ3v) is 3.51. The molecule has 102 valence electrons. The first-order chi connectivity index (χ1) is 9.50.